The van der Waals surface area contributed by atoms with Crippen LogP contribution in [0.15, 0.2) is 36.9 Å². The summed E-state index contributed by atoms with van der Waals surface area (Å²) in [4.78, 5) is 17.7. The molecular weight excluding hydrogens is 444 g/mol. The van der Waals surface area contributed by atoms with Crippen LogP contribution in [0, 0.1) is 0 Å². The fourth-order valence-electron chi connectivity index (χ4n) is 3.70. The Morgan fingerprint density at radius 3 is 2.61 bits per heavy atom. The number of nitrogens with one attached hydrogen (secondary N) is 1. The van der Waals surface area contributed by atoms with Crippen molar-refractivity contribution in [3.63, 3.8) is 0 Å². The molecule has 4 heterocycles. The Balaban J connectivity index is 1.44. The van der Waals surface area contributed by atoms with E-state index in [4.69, 9.17) is 0 Å². The molecule has 12 heteroatoms. The van der Waals surface area contributed by atoms with Gasteiger partial charge in [0.15, 0.2) is 5.82 Å². The minimum atomic E-state index is -3.45. The lowest BCUT2D eigenvalue weighted by Gasteiger charge is -2.14. The fraction of sp³-hybridized carbons (Fsp3) is 0.381. The summed E-state index contributed by atoms with van der Waals surface area (Å²) in [5.74, 6) is 1.98. The van der Waals surface area contributed by atoms with Crippen molar-refractivity contribution < 1.29 is 13.5 Å². The number of nitrogens with zero attached hydrogens (tertiary/aromatic N) is 7. The van der Waals surface area contributed by atoms with Crippen LogP contribution in [-0.2, 0) is 10.0 Å². The highest BCUT2D eigenvalue weighted by atomic mass is 32.2. The van der Waals surface area contributed by atoms with Crippen LogP contribution in [0.5, 0.6) is 0 Å². The Hall–Kier alpha value is -3.38. The van der Waals surface area contributed by atoms with Gasteiger partial charge in [-0.2, -0.15) is 9.19 Å². The summed E-state index contributed by atoms with van der Waals surface area (Å²) in [6.45, 7) is 5.74. The first-order valence-corrected chi connectivity index (χ1v) is 12.2. The van der Waals surface area contributed by atoms with Gasteiger partial charge in [0.05, 0.1) is 34.9 Å². The summed E-state index contributed by atoms with van der Waals surface area (Å²) in [6, 6.07) is 3.65. The lowest BCUT2D eigenvalue weighted by Crippen LogP contribution is -2.17. The van der Waals surface area contributed by atoms with Crippen molar-refractivity contribution in [2.45, 2.75) is 51.0 Å². The minimum Gasteiger partial charge on any atom is -0.385 e. The molecule has 0 aromatic carbocycles. The summed E-state index contributed by atoms with van der Waals surface area (Å²) in [5.41, 5.74) is 2.04. The summed E-state index contributed by atoms with van der Waals surface area (Å²) in [6.07, 6.45) is 6.75. The molecule has 2 N–H and O–H groups in total. The van der Waals surface area contributed by atoms with Gasteiger partial charge in [-0.05, 0) is 39.7 Å². The molecule has 172 valence electrons. The van der Waals surface area contributed by atoms with Crippen molar-refractivity contribution in [1.82, 2.24) is 33.7 Å². The van der Waals surface area contributed by atoms with Gasteiger partial charge in [-0.25, -0.2) is 28.4 Å². The molecule has 1 fully saturated rings. The van der Waals surface area contributed by atoms with Gasteiger partial charge in [0.25, 0.3) is 10.0 Å². The molecule has 0 bridgehead atoms. The van der Waals surface area contributed by atoms with Crippen LogP contribution in [0.3, 0.4) is 0 Å². The molecule has 1 aliphatic carbocycles. The number of aliphatic hydroxyl groups excluding tert-OH is 1. The zero-order valence-electron chi connectivity index (χ0n) is 18.4. The quantitative estimate of drug-likeness (QED) is 0.419. The number of rotatable bonds is 7. The smallest absolute Gasteiger partial charge is 0.256 e. The summed E-state index contributed by atoms with van der Waals surface area (Å²) < 4.78 is 27.8. The maximum atomic E-state index is 12.4. The molecule has 0 amide bonds. The number of hydrogen-bond acceptors (Lipinski definition) is 9. The van der Waals surface area contributed by atoms with Crippen molar-refractivity contribution in [2.24, 2.45) is 0 Å². The van der Waals surface area contributed by atoms with Crippen LogP contribution in [0.25, 0.3) is 22.4 Å². The van der Waals surface area contributed by atoms with Gasteiger partial charge >= 0.3 is 0 Å². The Kier molecular flexibility index (Phi) is 5.13. The lowest BCUT2D eigenvalue weighted by atomic mass is 10.3. The molecule has 33 heavy (non-hydrogen) atoms. The standard InChI is InChI=1S/C21H24N8O3S/c1-12(2)29-17-8-19(23-10-16(17)25-21(29)13(3)30)26-18-6-7-22-20(27-18)14-9-24-28(11-14)33(31,32)15-4-5-15/h6-13,15,30H,4-5H2,1-3H3,(H,22,23,26,27). The number of imidazole rings is 1. The second-order valence-electron chi connectivity index (χ2n) is 8.40. The van der Waals surface area contributed by atoms with Gasteiger partial charge in [0, 0.05) is 18.3 Å². The van der Waals surface area contributed by atoms with Gasteiger partial charge < -0.3 is 15.0 Å². The monoisotopic (exact) mass is 468 g/mol. The Bertz CT molecular complexity index is 1440. The lowest BCUT2D eigenvalue weighted by molar-refractivity contribution is 0.182. The third-order valence-electron chi connectivity index (χ3n) is 5.43. The van der Waals surface area contributed by atoms with E-state index in [1.807, 2.05) is 24.5 Å². The normalized spacial score (nSPS) is 15.3. The van der Waals surface area contributed by atoms with Crippen LogP contribution >= 0.6 is 0 Å². The topological polar surface area (TPSA) is 141 Å². The highest BCUT2D eigenvalue weighted by Gasteiger charge is 2.37. The average molecular weight is 469 g/mol. The zero-order chi connectivity index (χ0) is 23.3. The number of aliphatic hydroxyl groups is 1. The Labute approximate surface area is 190 Å². The van der Waals surface area contributed by atoms with Crippen LogP contribution in [-0.4, -0.2) is 52.5 Å². The average Bonchev–Trinajstić information content (AvgIpc) is 3.39. The molecule has 0 saturated heterocycles. The SMILES string of the molecule is CC(O)c1nc2cnc(Nc3ccnc(-c4cnn(S(=O)(=O)C5CC5)c4)n3)cc2n1C(C)C. The van der Waals surface area contributed by atoms with Gasteiger partial charge in [-0.3, -0.25) is 0 Å². The van der Waals surface area contributed by atoms with Crippen molar-refractivity contribution in [1.29, 1.82) is 0 Å². The first-order valence-electron chi connectivity index (χ1n) is 10.7. The molecule has 0 radical (unpaired) electrons. The number of aromatic nitrogens is 7. The third kappa shape index (κ3) is 3.95. The molecule has 1 saturated carbocycles. The number of hydrogen-bond donors (Lipinski definition) is 2. The third-order valence-corrected chi connectivity index (χ3v) is 7.46. The minimum absolute atomic E-state index is 0.101. The van der Waals surface area contributed by atoms with Crippen molar-refractivity contribution in [3.8, 4) is 11.4 Å². The molecule has 1 unspecified atom stereocenters. The maximum absolute atomic E-state index is 12.4. The fourth-order valence-corrected chi connectivity index (χ4v) is 5.18. The van der Waals surface area contributed by atoms with Crippen LogP contribution < -0.4 is 5.32 Å². The summed E-state index contributed by atoms with van der Waals surface area (Å²) in [7, 11) is -3.45. The molecule has 4 aromatic rings. The molecule has 5 rings (SSSR count). The summed E-state index contributed by atoms with van der Waals surface area (Å²) in [5, 5.41) is 16.9. The molecular formula is C21H24N8O3S. The van der Waals surface area contributed by atoms with E-state index in [9.17, 15) is 13.5 Å². The first kappa shape index (κ1) is 21.5. The molecule has 4 aromatic heterocycles. The van der Waals surface area contributed by atoms with E-state index in [0.717, 1.165) is 9.60 Å². The van der Waals surface area contributed by atoms with E-state index < -0.39 is 16.1 Å². The van der Waals surface area contributed by atoms with E-state index in [-0.39, 0.29) is 11.3 Å². The van der Waals surface area contributed by atoms with E-state index in [1.54, 1.807) is 25.4 Å². The van der Waals surface area contributed by atoms with E-state index >= 15 is 0 Å². The number of pyridine rings is 1. The second kappa shape index (κ2) is 7.89. The second-order valence-corrected chi connectivity index (χ2v) is 10.5. The molecule has 0 spiro atoms. The van der Waals surface area contributed by atoms with E-state index in [1.165, 1.54) is 12.4 Å². The molecule has 1 aliphatic rings. The van der Waals surface area contributed by atoms with Gasteiger partial charge in [-0.15, -0.1) is 0 Å². The summed E-state index contributed by atoms with van der Waals surface area (Å²) >= 11 is 0. The predicted molar refractivity (Wildman–Crippen MR) is 122 cm³/mol. The van der Waals surface area contributed by atoms with Crippen LogP contribution in [0.2, 0.25) is 0 Å². The van der Waals surface area contributed by atoms with Crippen molar-refractivity contribution >= 4 is 32.7 Å². The zero-order valence-corrected chi connectivity index (χ0v) is 19.2. The number of fused-ring (bicyclic) bond motifs is 1. The predicted octanol–water partition coefficient (Wildman–Crippen LogP) is 2.80. The van der Waals surface area contributed by atoms with Gasteiger partial charge in [-0.1, -0.05) is 0 Å². The van der Waals surface area contributed by atoms with Crippen molar-refractivity contribution in [3.05, 3.63) is 42.7 Å². The van der Waals surface area contributed by atoms with Crippen LogP contribution in [0.1, 0.15) is 51.6 Å². The molecule has 11 nitrogen and oxygen atoms in total. The van der Waals surface area contributed by atoms with E-state index in [0.29, 0.717) is 47.2 Å². The Morgan fingerprint density at radius 1 is 1.12 bits per heavy atom. The first-order chi connectivity index (χ1) is 15.7. The molecule has 1 atom stereocenters. The van der Waals surface area contributed by atoms with E-state index in [2.05, 4.69) is 30.4 Å². The van der Waals surface area contributed by atoms with Crippen molar-refractivity contribution in [2.75, 3.05) is 5.32 Å². The number of anilines is 2. The maximum Gasteiger partial charge on any atom is 0.256 e. The van der Waals surface area contributed by atoms with Gasteiger partial charge in [0.2, 0.25) is 0 Å². The largest absolute Gasteiger partial charge is 0.385 e. The van der Waals surface area contributed by atoms with Gasteiger partial charge in [0.1, 0.15) is 29.1 Å². The highest BCUT2D eigenvalue weighted by molar-refractivity contribution is 7.90. The Morgan fingerprint density at radius 2 is 1.91 bits per heavy atom. The highest BCUT2D eigenvalue weighted by Crippen LogP contribution is 2.30. The van der Waals surface area contributed by atoms with Crippen LogP contribution in [0.4, 0.5) is 11.6 Å². The molecule has 0 aliphatic heterocycles.